The van der Waals surface area contributed by atoms with Gasteiger partial charge in [-0.25, -0.2) is 0 Å². The molecule has 1 amide bonds. The minimum atomic E-state index is 0.242. The molecule has 0 aliphatic carbocycles. The molecule has 140 valence electrons. The van der Waals surface area contributed by atoms with Crippen molar-refractivity contribution in [2.75, 3.05) is 46.4 Å². The number of likely N-dealkylation sites (tertiary alicyclic amines) is 1. The molecular formula is C18H36N4O2. The number of hydrogen-bond acceptors (Lipinski definition) is 3. The molecular weight excluding hydrogens is 304 g/mol. The highest BCUT2D eigenvalue weighted by Gasteiger charge is 2.20. The zero-order valence-electron chi connectivity index (χ0n) is 15.9. The van der Waals surface area contributed by atoms with Gasteiger partial charge in [0.05, 0.1) is 0 Å². The van der Waals surface area contributed by atoms with E-state index in [1.54, 1.807) is 7.05 Å². The fourth-order valence-corrected chi connectivity index (χ4v) is 2.78. The molecule has 6 nitrogen and oxygen atoms in total. The summed E-state index contributed by atoms with van der Waals surface area (Å²) in [6, 6.07) is 0. The Morgan fingerprint density at radius 2 is 2.08 bits per heavy atom. The third-order valence-corrected chi connectivity index (χ3v) is 4.07. The van der Waals surface area contributed by atoms with Gasteiger partial charge in [-0.1, -0.05) is 20.8 Å². The molecule has 1 fully saturated rings. The third kappa shape index (κ3) is 9.11. The molecule has 2 N–H and O–H groups in total. The van der Waals surface area contributed by atoms with Crippen molar-refractivity contribution in [2.45, 2.75) is 46.5 Å². The van der Waals surface area contributed by atoms with Crippen LogP contribution in [-0.2, 0) is 9.53 Å². The van der Waals surface area contributed by atoms with Crippen molar-refractivity contribution in [1.29, 1.82) is 0 Å². The van der Waals surface area contributed by atoms with Crippen molar-refractivity contribution < 1.29 is 9.53 Å². The first-order valence-corrected chi connectivity index (χ1v) is 9.33. The number of guanidine groups is 1. The fraction of sp³-hybridized carbons (Fsp3) is 0.889. The average Bonchev–Trinajstić information content (AvgIpc) is 2.55. The quantitative estimate of drug-likeness (QED) is 0.382. The minimum Gasteiger partial charge on any atom is -0.381 e. The second-order valence-electron chi connectivity index (χ2n) is 7.09. The highest BCUT2D eigenvalue weighted by atomic mass is 16.5. The summed E-state index contributed by atoms with van der Waals surface area (Å²) in [4.78, 5) is 18.4. The van der Waals surface area contributed by atoms with Gasteiger partial charge in [-0.15, -0.1) is 0 Å². The van der Waals surface area contributed by atoms with Crippen LogP contribution in [0.25, 0.3) is 0 Å². The number of nitrogens with one attached hydrogen (secondary N) is 2. The summed E-state index contributed by atoms with van der Waals surface area (Å²) in [6.45, 7) is 11.3. The van der Waals surface area contributed by atoms with Crippen LogP contribution in [0, 0.1) is 11.8 Å². The Labute approximate surface area is 147 Å². The molecule has 0 radical (unpaired) electrons. The van der Waals surface area contributed by atoms with Crippen LogP contribution in [0.2, 0.25) is 0 Å². The van der Waals surface area contributed by atoms with Crippen LogP contribution in [0.5, 0.6) is 0 Å². The molecule has 24 heavy (non-hydrogen) atoms. The number of hydrogen-bond donors (Lipinski definition) is 2. The summed E-state index contributed by atoms with van der Waals surface area (Å²) in [6.07, 6.45) is 3.82. The first-order chi connectivity index (χ1) is 11.5. The Morgan fingerprint density at radius 3 is 2.75 bits per heavy atom. The Balaban J connectivity index is 2.10. The summed E-state index contributed by atoms with van der Waals surface area (Å²) < 4.78 is 5.55. The van der Waals surface area contributed by atoms with E-state index in [0.717, 1.165) is 51.6 Å². The van der Waals surface area contributed by atoms with E-state index in [2.05, 4.69) is 36.4 Å². The van der Waals surface area contributed by atoms with Gasteiger partial charge in [-0.3, -0.25) is 9.79 Å². The molecule has 0 spiro atoms. The molecule has 6 heteroatoms. The highest BCUT2D eigenvalue weighted by molar-refractivity contribution is 5.81. The van der Waals surface area contributed by atoms with Crippen molar-refractivity contribution in [3.05, 3.63) is 0 Å². The second kappa shape index (κ2) is 12.1. The van der Waals surface area contributed by atoms with Gasteiger partial charge in [-0.2, -0.15) is 0 Å². The first-order valence-electron chi connectivity index (χ1n) is 9.33. The standard InChI is InChI=1S/C18H36N4O2/c1-15(2)14-24-12-6-9-20-18(19-4)21-10-8-17(23)22-11-5-7-16(3)13-22/h15-16H,5-14H2,1-4H3,(H2,19,20,21). The Bertz CT molecular complexity index is 385. The van der Waals surface area contributed by atoms with E-state index in [1.807, 2.05) is 4.90 Å². The molecule has 1 saturated heterocycles. The lowest BCUT2D eigenvalue weighted by molar-refractivity contribution is -0.132. The van der Waals surface area contributed by atoms with Crippen molar-refractivity contribution in [3.8, 4) is 0 Å². The van der Waals surface area contributed by atoms with Crippen molar-refractivity contribution in [1.82, 2.24) is 15.5 Å². The van der Waals surface area contributed by atoms with E-state index in [4.69, 9.17) is 4.74 Å². The van der Waals surface area contributed by atoms with Crippen LogP contribution < -0.4 is 10.6 Å². The number of rotatable bonds is 9. The van der Waals surface area contributed by atoms with Gasteiger partial charge in [0.25, 0.3) is 0 Å². The van der Waals surface area contributed by atoms with Gasteiger partial charge in [-0.05, 0) is 31.1 Å². The lowest BCUT2D eigenvalue weighted by atomic mass is 10.00. The molecule has 0 aromatic carbocycles. The number of ether oxygens (including phenoxy) is 1. The molecule has 0 bridgehead atoms. The van der Waals surface area contributed by atoms with Crippen LogP contribution in [-0.4, -0.2) is 63.2 Å². The number of aliphatic imine (C=N–C) groups is 1. The maximum atomic E-state index is 12.2. The maximum absolute atomic E-state index is 12.2. The lowest BCUT2D eigenvalue weighted by Gasteiger charge is -2.31. The first kappa shape index (κ1) is 20.7. The summed E-state index contributed by atoms with van der Waals surface area (Å²) >= 11 is 0. The van der Waals surface area contributed by atoms with Gasteiger partial charge in [0, 0.05) is 52.9 Å². The molecule has 1 aliphatic rings. The van der Waals surface area contributed by atoms with E-state index < -0.39 is 0 Å². The normalized spacial score (nSPS) is 18.8. The number of carbonyl (C=O) groups excluding carboxylic acids is 1. The predicted octanol–water partition coefficient (Wildman–Crippen LogP) is 1.86. The van der Waals surface area contributed by atoms with Crippen LogP contribution in [0.15, 0.2) is 4.99 Å². The van der Waals surface area contributed by atoms with Crippen LogP contribution in [0.1, 0.15) is 46.5 Å². The Morgan fingerprint density at radius 1 is 1.33 bits per heavy atom. The third-order valence-electron chi connectivity index (χ3n) is 4.07. The Hall–Kier alpha value is -1.30. The average molecular weight is 341 g/mol. The number of carbonyl (C=O) groups is 1. The maximum Gasteiger partial charge on any atom is 0.224 e. The van der Waals surface area contributed by atoms with Crippen LogP contribution in [0.3, 0.4) is 0 Å². The molecule has 1 aliphatic heterocycles. The minimum absolute atomic E-state index is 0.242. The predicted molar refractivity (Wildman–Crippen MR) is 99.2 cm³/mol. The van der Waals surface area contributed by atoms with Gasteiger partial charge >= 0.3 is 0 Å². The molecule has 1 unspecified atom stereocenters. The molecule has 0 aromatic heterocycles. The lowest BCUT2D eigenvalue weighted by Crippen LogP contribution is -2.42. The fourth-order valence-electron chi connectivity index (χ4n) is 2.78. The van der Waals surface area contributed by atoms with Gasteiger partial charge < -0.3 is 20.3 Å². The zero-order valence-corrected chi connectivity index (χ0v) is 15.9. The van der Waals surface area contributed by atoms with Gasteiger partial charge in [0.1, 0.15) is 0 Å². The molecule has 1 heterocycles. The summed E-state index contributed by atoms with van der Waals surface area (Å²) in [5.41, 5.74) is 0. The number of amides is 1. The van der Waals surface area contributed by atoms with Crippen molar-refractivity contribution in [3.63, 3.8) is 0 Å². The van der Waals surface area contributed by atoms with Crippen LogP contribution >= 0.6 is 0 Å². The molecule has 0 saturated carbocycles. The summed E-state index contributed by atoms with van der Waals surface area (Å²) in [7, 11) is 1.75. The monoisotopic (exact) mass is 340 g/mol. The molecule has 1 atom stereocenters. The Kier molecular flexibility index (Phi) is 10.5. The summed E-state index contributed by atoms with van der Waals surface area (Å²) in [5.74, 6) is 2.20. The van der Waals surface area contributed by atoms with E-state index in [0.29, 0.717) is 24.8 Å². The van der Waals surface area contributed by atoms with E-state index in [-0.39, 0.29) is 5.91 Å². The van der Waals surface area contributed by atoms with E-state index >= 15 is 0 Å². The smallest absolute Gasteiger partial charge is 0.224 e. The highest BCUT2D eigenvalue weighted by Crippen LogP contribution is 2.15. The van der Waals surface area contributed by atoms with Crippen molar-refractivity contribution in [2.24, 2.45) is 16.8 Å². The van der Waals surface area contributed by atoms with Crippen molar-refractivity contribution >= 4 is 11.9 Å². The number of nitrogens with zero attached hydrogens (tertiary/aromatic N) is 2. The molecule has 1 rings (SSSR count). The summed E-state index contributed by atoms with van der Waals surface area (Å²) in [5, 5.41) is 6.46. The van der Waals surface area contributed by atoms with Gasteiger partial charge in [0.15, 0.2) is 5.96 Å². The number of piperidine rings is 1. The molecule has 0 aromatic rings. The SMILES string of the molecule is CN=C(NCCCOCC(C)C)NCCC(=O)N1CCCC(C)C1. The van der Waals surface area contributed by atoms with E-state index in [9.17, 15) is 4.79 Å². The van der Waals surface area contributed by atoms with E-state index in [1.165, 1.54) is 6.42 Å². The van der Waals surface area contributed by atoms with Crippen LogP contribution in [0.4, 0.5) is 0 Å². The topological polar surface area (TPSA) is 66.0 Å². The zero-order chi connectivity index (χ0) is 17.8. The van der Waals surface area contributed by atoms with Gasteiger partial charge in [0.2, 0.25) is 5.91 Å². The second-order valence-corrected chi connectivity index (χ2v) is 7.09. The largest absolute Gasteiger partial charge is 0.381 e.